The molecule has 0 radical (unpaired) electrons. The molecule has 144 valence electrons. The van der Waals surface area contributed by atoms with Crippen molar-refractivity contribution in [2.75, 3.05) is 0 Å². The zero-order valence-electron chi connectivity index (χ0n) is 14.1. The monoisotopic (exact) mass is 398 g/mol. The van der Waals surface area contributed by atoms with Gasteiger partial charge in [0.1, 0.15) is 12.2 Å². The summed E-state index contributed by atoms with van der Waals surface area (Å²) in [4.78, 5) is 33.5. The van der Waals surface area contributed by atoms with Gasteiger partial charge in [0.2, 0.25) is 0 Å². The number of benzene rings is 1. The second kappa shape index (κ2) is 7.46. The van der Waals surface area contributed by atoms with E-state index < -0.39 is 43.8 Å². The summed E-state index contributed by atoms with van der Waals surface area (Å²) in [7, 11) is -4.03. The smallest absolute Gasteiger partial charge is 0.358 e. The third-order valence-electron chi connectivity index (χ3n) is 3.46. The van der Waals surface area contributed by atoms with Gasteiger partial charge in [-0.3, -0.25) is 20.3 Å². The van der Waals surface area contributed by atoms with Crippen molar-refractivity contribution in [2.45, 2.75) is 25.3 Å². The number of carbonyl (C=O) groups is 1. The van der Waals surface area contributed by atoms with E-state index in [1.807, 2.05) is 10.3 Å². The molecule has 1 heterocycles. The van der Waals surface area contributed by atoms with Gasteiger partial charge in [0.25, 0.3) is 15.9 Å². The molecule has 27 heavy (non-hydrogen) atoms. The average molecular weight is 398 g/mol. The minimum atomic E-state index is -4.03. The van der Waals surface area contributed by atoms with Crippen LogP contribution in [0.1, 0.15) is 11.3 Å². The maximum atomic E-state index is 12.1. The molecule has 2 rings (SSSR count). The molecule has 1 amide bonds. The zero-order chi connectivity index (χ0) is 20.4. The van der Waals surface area contributed by atoms with Gasteiger partial charge in [-0.1, -0.05) is 17.7 Å². The first-order chi connectivity index (χ1) is 12.5. The Balaban J connectivity index is 2.12. The van der Waals surface area contributed by atoms with Crippen molar-refractivity contribution >= 4 is 27.4 Å². The van der Waals surface area contributed by atoms with Crippen LogP contribution in [0.25, 0.3) is 0 Å². The summed E-state index contributed by atoms with van der Waals surface area (Å²) in [5.41, 5.74) is 1.71. The molecule has 0 saturated carbocycles. The van der Waals surface area contributed by atoms with E-state index in [-0.39, 0.29) is 10.6 Å². The van der Waals surface area contributed by atoms with Crippen molar-refractivity contribution in [3.8, 4) is 0 Å². The summed E-state index contributed by atoms with van der Waals surface area (Å²) in [5.74, 6) is -1.94. The summed E-state index contributed by atoms with van der Waals surface area (Å²) in [6, 6.07) is 5.83. The Hall–Kier alpha value is -3.39. The van der Waals surface area contributed by atoms with Crippen LogP contribution >= 0.6 is 0 Å². The lowest BCUT2D eigenvalue weighted by Gasteiger charge is -2.08. The van der Waals surface area contributed by atoms with E-state index >= 15 is 0 Å². The predicted octanol–water partition coefficient (Wildman–Crippen LogP) is 0.326. The van der Waals surface area contributed by atoms with E-state index in [9.17, 15) is 33.4 Å². The van der Waals surface area contributed by atoms with E-state index in [1.54, 1.807) is 19.1 Å². The summed E-state index contributed by atoms with van der Waals surface area (Å²) < 4.78 is 24.9. The van der Waals surface area contributed by atoms with Crippen LogP contribution in [0, 0.1) is 34.1 Å². The molecule has 0 bridgehead atoms. The Morgan fingerprint density at radius 3 is 2.22 bits per heavy atom. The highest BCUT2D eigenvalue weighted by Crippen LogP contribution is 2.28. The van der Waals surface area contributed by atoms with Gasteiger partial charge in [0, 0.05) is 0 Å². The predicted molar refractivity (Wildman–Crippen MR) is 89.9 cm³/mol. The molecule has 0 saturated heterocycles. The molecular weight excluding hydrogens is 384 g/mol. The summed E-state index contributed by atoms with van der Waals surface area (Å²) in [5, 5.41) is 25.2. The highest BCUT2D eigenvalue weighted by atomic mass is 32.2. The molecule has 0 spiro atoms. The standard InChI is InChI=1S/C13H14N6O7S/c1-8-3-5-10(6-4-8)27(25,26)16-14-11(20)7-17-9(2)12(18(21)22)13(15-17)19(23)24/h3-6,16H,7H2,1-2H3,(H,14,20). The van der Waals surface area contributed by atoms with E-state index in [4.69, 9.17) is 0 Å². The highest BCUT2D eigenvalue weighted by molar-refractivity contribution is 7.89. The number of amides is 1. The Morgan fingerprint density at radius 1 is 1.15 bits per heavy atom. The number of carbonyl (C=O) groups excluding carboxylic acids is 1. The number of aromatic nitrogens is 2. The van der Waals surface area contributed by atoms with E-state index in [1.165, 1.54) is 19.1 Å². The van der Waals surface area contributed by atoms with Crippen LogP contribution in [0.3, 0.4) is 0 Å². The minimum absolute atomic E-state index is 0.0880. The Labute approximate surface area is 152 Å². The first-order valence-electron chi connectivity index (χ1n) is 7.26. The molecule has 2 aromatic rings. The van der Waals surface area contributed by atoms with Crippen molar-refractivity contribution < 1.29 is 23.1 Å². The van der Waals surface area contributed by atoms with E-state index in [0.717, 1.165) is 10.2 Å². The van der Waals surface area contributed by atoms with E-state index in [0.29, 0.717) is 0 Å². The number of nitrogens with zero attached hydrogens (tertiary/aromatic N) is 4. The minimum Gasteiger partial charge on any atom is -0.358 e. The Bertz CT molecular complexity index is 1010. The number of hydrazine groups is 1. The normalized spacial score (nSPS) is 11.2. The van der Waals surface area contributed by atoms with Gasteiger partial charge < -0.3 is 10.1 Å². The molecule has 0 fully saturated rings. The van der Waals surface area contributed by atoms with Crippen LogP contribution in [-0.4, -0.2) is 34.0 Å². The Morgan fingerprint density at radius 2 is 1.74 bits per heavy atom. The lowest BCUT2D eigenvalue weighted by atomic mass is 10.2. The van der Waals surface area contributed by atoms with Crippen molar-refractivity contribution in [3.05, 3.63) is 55.8 Å². The second-order valence-electron chi connectivity index (χ2n) is 5.40. The third kappa shape index (κ3) is 4.42. The molecule has 0 unspecified atom stereocenters. The van der Waals surface area contributed by atoms with Gasteiger partial charge in [-0.15, -0.1) is 4.83 Å². The topological polar surface area (TPSA) is 179 Å². The summed E-state index contributed by atoms with van der Waals surface area (Å²) >= 11 is 0. The second-order valence-corrected chi connectivity index (χ2v) is 7.08. The lowest BCUT2D eigenvalue weighted by Crippen LogP contribution is -2.43. The summed E-state index contributed by atoms with van der Waals surface area (Å²) in [6.07, 6.45) is 0. The molecule has 2 N–H and O–H groups in total. The summed E-state index contributed by atoms with van der Waals surface area (Å²) in [6.45, 7) is 2.29. The van der Waals surface area contributed by atoms with Crippen molar-refractivity contribution in [3.63, 3.8) is 0 Å². The maximum Gasteiger partial charge on any atom is 0.468 e. The lowest BCUT2D eigenvalue weighted by molar-refractivity contribution is -0.424. The highest BCUT2D eigenvalue weighted by Gasteiger charge is 2.35. The molecule has 14 heteroatoms. The fourth-order valence-electron chi connectivity index (χ4n) is 2.09. The van der Waals surface area contributed by atoms with Crippen LogP contribution in [0.2, 0.25) is 0 Å². The van der Waals surface area contributed by atoms with Crippen LogP contribution in [0.5, 0.6) is 0 Å². The number of hydrogen-bond donors (Lipinski definition) is 2. The number of hydrogen-bond acceptors (Lipinski definition) is 8. The molecular formula is C13H14N6O7S. The van der Waals surface area contributed by atoms with E-state index in [2.05, 4.69) is 5.10 Å². The van der Waals surface area contributed by atoms with Gasteiger partial charge in [0.05, 0.1) is 14.9 Å². The Kier molecular flexibility index (Phi) is 5.51. The zero-order valence-corrected chi connectivity index (χ0v) is 14.9. The van der Waals surface area contributed by atoms with Crippen LogP contribution in [0.4, 0.5) is 11.5 Å². The van der Waals surface area contributed by atoms with Crippen LogP contribution in [-0.2, 0) is 21.4 Å². The third-order valence-corrected chi connectivity index (χ3v) is 4.73. The molecule has 0 aliphatic rings. The molecule has 13 nitrogen and oxygen atoms in total. The number of nitro groups is 2. The number of rotatable bonds is 7. The molecule has 0 atom stereocenters. The molecule has 1 aromatic carbocycles. The fourth-order valence-corrected chi connectivity index (χ4v) is 2.95. The largest absolute Gasteiger partial charge is 0.468 e. The fraction of sp³-hybridized carbons (Fsp3) is 0.231. The van der Waals surface area contributed by atoms with Crippen molar-refractivity contribution in [2.24, 2.45) is 0 Å². The molecule has 0 aliphatic heterocycles. The first kappa shape index (κ1) is 19.9. The quantitative estimate of drug-likeness (QED) is 0.494. The maximum absolute atomic E-state index is 12.1. The number of sulfonamides is 1. The van der Waals surface area contributed by atoms with Gasteiger partial charge in [-0.2, -0.15) is 4.68 Å². The average Bonchev–Trinajstić information content (AvgIpc) is 2.90. The van der Waals surface area contributed by atoms with Gasteiger partial charge >= 0.3 is 11.5 Å². The number of aryl methyl sites for hydroxylation is 1. The van der Waals surface area contributed by atoms with Crippen molar-refractivity contribution in [1.82, 2.24) is 20.0 Å². The van der Waals surface area contributed by atoms with Gasteiger partial charge in [-0.25, -0.2) is 8.42 Å². The SMILES string of the molecule is Cc1ccc(S(=O)(=O)NNC(=O)Cn2nc([N+](=O)[O-])c([N+](=O)[O-])c2C)cc1. The van der Waals surface area contributed by atoms with Gasteiger partial charge in [0.15, 0.2) is 0 Å². The van der Waals surface area contributed by atoms with Crippen LogP contribution in [0.15, 0.2) is 29.2 Å². The van der Waals surface area contributed by atoms with Crippen LogP contribution < -0.4 is 10.3 Å². The van der Waals surface area contributed by atoms with Gasteiger partial charge in [-0.05, 0) is 30.9 Å². The molecule has 0 aliphatic carbocycles. The van der Waals surface area contributed by atoms with Crippen molar-refractivity contribution in [1.29, 1.82) is 0 Å². The molecule has 1 aromatic heterocycles. The first-order valence-corrected chi connectivity index (χ1v) is 8.74. The number of nitrogens with one attached hydrogen (secondary N) is 2.